The van der Waals surface area contributed by atoms with Gasteiger partial charge in [0.25, 0.3) is 10.0 Å². The van der Waals surface area contributed by atoms with Gasteiger partial charge in [-0.1, -0.05) is 21.1 Å². The third kappa shape index (κ3) is 3.18. The molecule has 1 fully saturated rings. The standard InChI is InChI=1S/C9H15Br2N5O2S/c1-14-9(8(11)12-13-14)19(17,18)16-6-4-15(3-2-10)5-7-16/h2-7H2,1H3. The normalized spacial score (nSPS) is 18.9. The lowest BCUT2D eigenvalue weighted by molar-refractivity contribution is 0.197. The number of aromatic nitrogens is 3. The maximum absolute atomic E-state index is 12.5. The van der Waals surface area contributed by atoms with Crippen molar-refractivity contribution in [1.29, 1.82) is 0 Å². The fourth-order valence-corrected chi connectivity index (χ4v) is 4.99. The highest BCUT2D eigenvalue weighted by molar-refractivity contribution is 9.10. The first-order valence-electron chi connectivity index (χ1n) is 5.80. The molecule has 0 bridgehead atoms. The number of alkyl halides is 1. The quantitative estimate of drug-likeness (QED) is 0.659. The second kappa shape index (κ2) is 6.17. The minimum atomic E-state index is -3.53. The summed E-state index contributed by atoms with van der Waals surface area (Å²) in [5.41, 5.74) is 0. The van der Waals surface area contributed by atoms with Crippen molar-refractivity contribution >= 4 is 41.9 Å². The summed E-state index contributed by atoms with van der Waals surface area (Å²) in [6.45, 7) is 3.41. The van der Waals surface area contributed by atoms with Crippen LogP contribution >= 0.6 is 31.9 Å². The van der Waals surface area contributed by atoms with Gasteiger partial charge in [-0.15, -0.1) is 5.10 Å². The van der Waals surface area contributed by atoms with Crippen LogP contribution in [0, 0.1) is 0 Å². The van der Waals surface area contributed by atoms with Gasteiger partial charge in [0.15, 0.2) is 4.60 Å². The predicted molar refractivity (Wildman–Crippen MR) is 77.7 cm³/mol. The Kier molecular flexibility index (Phi) is 4.99. The van der Waals surface area contributed by atoms with Crippen LogP contribution in [0.2, 0.25) is 0 Å². The molecular formula is C9H15Br2N5O2S. The van der Waals surface area contributed by atoms with Crippen molar-refractivity contribution in [1.82, 2.24) is 24.2 Å². The van der Waals surface area contributed by atoms with Crippen molar-refractivity contribution < 1.29 is 8.42 Å². The smallest absolute Gasteiger partial charge is 0.263 e. The largest absolute Gasteiger partial charge is 0.300 e. The predicted octanol–water partition coefficient (Wildman–Crippen LogP) is 0.279. The number of rotatable bonds is 4. The van der Waals surface area contributed by atoms with Crippen LogP contribution < -0.4 is 0 Å². The summed E-state index contributed by atoms with van der Waals surface area (Å²) in [6.07, 6.45) is 0. The van der Waals surface area contributed by atoms with Gasteiger partial charge in [-0.2, -0.15) is 4.31 Å². The zero-order valence-corrected chi connectivity index (χ0v) is 14.4. The summed E-state index contributed by atoms with van der Waals surface area (Å²) in [6, 6.07) is 0. The lowest BCUT2D eigenvalue weighted by Gasteiger charge is -2.33. The maximum Gasteiger partial charge on any atom is 0.263 e. The molecule has 1 aromatic rings. The van der Waals surface area contributed by atoms with Gasteiger partial charge in [0.1, 0.15) is 0 Å². The monoisotopic (exact) mass is 415 g/mol. The van der Waals surface area contributed by atoms with E-state index in [1.165, 1.54) is 8.99 Å². The fraction of sp³-hybridized carbons (Fsp3) is 0.778. The van der Waals surface area contributed by atoms with E-state index in [0.717, 1.165) is 25.0 Å². The van der Waals surface area contributed by atoms with E-state index < -0.39 is 10.0 Å². The Bertz CT molecular complexity index is 519. The van der Waals surface area contributed by atoms with Gasteiger partial charge in [0.2, 0.25) is 5.03 Å². The van der Waals surface area contributed by atoms with Gasteiger partial charge in [0, 0.05) is 45.1 Å². The molecule has 0 aliphatic carbocycles. The molecule has 1 aliphatic rings. The van der Waals surface area contributed by atoms with E-state index in [9.17, 15) is 8.42 Å². The van der Waals surface area contributed by atoms with Crippen molar-refractivity contribution in [2.75, 3.05) is 38.1 Å². The Morgan fingerprint density at radius 1 is 1.26 bits per heavy atom. The van der Waals surface area contributed by atoms with Gasteiger partial charge >= 0.3 is 0 Å². The average molecular weight is 417 g/mol. The van der Waals surface area contributed by atoms with Crippen molar-refractivity contribution in [3.8, 4) is 0 Å². The van der Waals surface area contributed by atoms with Crippen molar-refractivity contribution in [3.05, 3.63) is 4.60 Å². The molecule has 108 valence electrons. The molecule has 0 aromatic carbocycles. The molecule has 1 aromatic heterocycles. The summed E-state index contributed by atoms with van der Waals surface area (Å²) in [4.78, 5) is 2.23. The highest BCUT2D eigenvalue weighted by atomic mass is 79.9. The van der Waals surface area contributed by atoms with E-state index in [1.807, 2.05) is 0 Å². The number of halogens is 2. The van der Waals surface area contributed by atoms with Gasteiger partial charge in [-0.3, -0.25) is 4.90 Å². The molecule has 0 unspecified atom stereocenters. The molecule has 0 N–H and O–H groups in total. The third-order valence-electron chi connectivity index (χ3n) is 3.05. The maximum atomic E-state index is 12.5. The van der Waals surface area contributed by atoms with Crippen LogP contribution in [0.15, 0.2) is 9.63 Å². The van der Waals surface area contributed by atoms with Crippen LogP contribution in [0.3, 0.4) is 0 Å². The molecule has 0 amide bonds. The van der Waals surface area contributed by atoms with Crippen LogP contribution in [-0.4, -0.2) is 70.7 Å². The topological polar surface area (TPSA) is 71.3 Å². The zero-order valence-electron chi connectivity index (χ0n) is 10.5. The molecule has 2 heterocycles. The van der Waals surface area contributed by atoms with Gasteiger partial charge in [-0.25, -0.2) is 13.1 Å². The Hall–Kier alpha value is -0.0300. The molecule has 0 radical (unpaired) electrons. The van der Waals surface area contributed by atoms with E-state index in [2.05, 4.69) is 47.1 Å². The van der Waals surface area contributed by atoms with Crippen LogP contribution in [0.1, 0.15) is 0 Å². The molecule has 1 saturated heterocycles. The fourth-order valence-electron chi connectivity index (χ4n) is 2.03. The second-order valence-corrected chi connectivity index (χ2v) is 7.64. The first kappa shape index (κ1) is 15.4. The number of aryl methyl sites for hydroxylation is 1. The number of hydrogen-bond acceptors (Lipinski definition) is 5. The Balaban J connectivity index is 2.15. The Morgan fingerprint density at radius 3 is 2.37 bits per heavy atom. The summed E-state index contributed by atoms with van der Waals surface area (Å²) in [7, 11) is -1.96. The molecule has 0 saturated carbocycles. The summed E-state index contributed by atoms with van der Waals surface area (Å²) >= 11 is 6.53. The molecule has 0 spiro atoms. The molecule has 19 heavy (non-hydrogen) atoms. The highest BCUT2D eigenvalue weighted by Crippen LogP contribution is 2.23. The van der Waals surface area contributed by atoms with Crippen LogP contribution in [0.25, 0.3) is 0 Å². The number of sulfonamides is 1. The average Bonchev–Trinajstić information content (AvgIpc) is 2.70. The lowest BCUT2D eigenvalue weighted by Crippen LogP contribution is -2.49. The second-order valence-electron chi connectivity index (χ2n) is 4.24. The van der Waals surface area contributed by atoms with Gasteiger partial charge in [0.05, 0.1) is 0 Å². The van der Waals surface area contributed by atoms with Crippen molar-refractivity contribution in [2.45, 2.75) is 5.03 Å². The van der Waals surface area contributed by atoms with Crippen LogP contribution in [0.5, 0.6) is 0 Å². The van der Waals surface area contributed by atoms with E-state index in [1.54, 1.807) is 7.05 Å². The SMILES string of the molecule is Cn1nnc(Br)c1S(=O)(=O)N1CCN(CCBr)CC1. The Morgan fingerprint density at radius 2 is 1.89 bits per heavy atom. The first-order chi connectivity index (χ1) is 8.96. The highest BCUT2D eigenvalue weighted by Gasteiger charge is 2.33. The third-order valence-corrected chi connectivity index (χ3v) is 6.20. The molecule has 1 aliphatic heterocycles. The van der Waals surface area contributed by atoms with E-state index in [0.29, 0.717) is 13.1 Å². The zero-order chi connectivity index (χ0) is 14.0. The van der Waals surface area contributed by atoms with E-state index in [4.69, 9.17) is 0 Å². The lowest BCUT2D eigenvalue weighted by atomic mass is 10.4. The van der Waals surface area contributed by atoms with Crippen molar-refractivity contribution in [3.63, 3.8) is 0 Å². The number of hydrogen-bond donors (Lipinski definition) is 0. The van der Waals surface area contributed by atoms with Crippen LogP contribution in [0.4, 0.5) is 0 Å². The minimum Gasteiger partial charge on any atom is -0.300 e. The van der Waals surface area contributed by atoms with E-state index in [-0.39, 0.29) is 9.63 Å². The van der Waals surface area contributed by atoms with Gasteiger partial charge < -0.3 is 0 Å². The summed E-state index contributed by atoms with van der Waals surface area (Å²) < 4.78 is 28.1. The number of piperazine rings is 1. The van der Waals surface area contributed by atoms with Crippen molar-refractivity contribution in [2.24, 2.45) is 7.05 Å². The summed E-state index contributed by atoms with van der Waals surface area (Å²) in [5.74, 6) is 0. The van der Waals surface area contributed by atoms with Crippen LogP contribution in [-0.2, 0) is 17.1 Å². The minimum absolute atomic E-state index is 0.112. The van der Waals surface area contributed by atoms with Gasteiger partial charge in [-0.05, 0) is 15.9 Å². The molecular weight excluding hydrogens is 402 g/mol. The molecule has 0 atom stereocenters. The number of nitrogens with zero attached hydrogens (tertiary/aromatic N) is 5. The molecule has 7 nitrogen and oxygen atoms in total. The Labute approximate surface area is 129 Å². The molecule has 10 heteroatoms. The first-order valence-corrected chi connectivity index (χ1v) is 9.16. The summed E-state index contributed by atoms with van der Waals surface area (Å²) in [5, 5.41) is 8.46. The van der Waals surface area contributed by atoms with E-state index >= 15 is 0 Å². The molecule has 2 rings (SSSR count).